The number of esters is 2. The van der Waals surface area contributed by atoms with Crippen LogP contribution in [-0.2, 0) is 19.1 Å². The van der Waals surface area contributed by atoms with E-state index in [1.165, 1.54) is 76.0 Å². The molecule has 2 N–H and O–H groups in total. The fourth-order valence-electron chi connectivity index (χ4n) is 4.55. The molecule has 0 heterocycles. The molecular weight excluding hydrogens is 536 g/mol. The van der Waals surface area contributed by atoms with Crippen LogP contribution in [0.3, 0.4) is 0 Å². The van der Waals surface area contributed by atoms with Gasteiger partial charge in [0.1, 0.15) is 12.7 Å². The van der Waals surface area contributed by atoms with Crippen LogP contribution in [0, 0.1) is 0 Å². The lowest BCUT2D eigenvalue weighted by atomic mass is 10.0. The molecule has 0 aromatic carbocycles. The Bertz CT molecular complexity index is 662. The molecule has 240 valence electrons. The van der Waals surface area contributed by atoms with Crippen molar-refractivity contribution in [3.8, 4) is 0 Å². The number of carbonyl (C=O) groups excluding carboxylic acids is 3. The van der Waals surface area contributed by atoms with Gasteiger partial charge < -0.3 is 20.1 Å². The number of unbranched alkanes of at least 4 members (excludes halogenated alkanes) is 10. The summed E-state index contributed by atoms with van der Waals surface area (Å²) in [7, 11) is 0. The van der Waals surface area contributed by atoms with E-state index in [9.17, 15) is 14.4 Å². The second kappa shape index (κ2) is 29.9. The molecule has 0 radical (unpaired) electrons. The van der Waals surface area contributed by atoms with E-state index in [1.54, 1.807) is 4.90 Å². The Hall–Kier alpha value is -1.54. The number of allylic oxidation sites excluding steroid dienone is 1. The Morgan fingerprint density at radius 1 is 0.732 bits per heavy atom. The number of carbonyl (C=O) groups is 3. The van der Waals surface area contributed by atoms with Crippen LogP contribution >= 0.6 is 11.8 Å². The summed E-state index contributed by atoms with van der Waals surface area (Å²) in [6, 6.07) is 0. The van der Waals surface area contributed by atoms with Crippen LogP contribution in [0.1, 0.15) is 143 Å². The number of hydrogen-bond donors (Lipinski definition) is 1. The number of nitrogens with two attached hydrogens (primary N) is 1. The van der Waals surface area contributed by atoms with Crippen LogP contribution < -0.4 is 5.73 Å². The molecule has 7 nitrogen and oxygen atoms in total. The van der Waals surface area contributed by atoms with Gasteiger partial charge in [-0.05, 0) is 51.4 Å². The van der Waals surface area contributed by atoms with Gasteiger partial charge in [-0.1, -0.05) is 102 Å². The third-order valence-corrected chi connectivity index (χ3v) is 7.95. The first-order valence-corrected chi connectivity index (χ1v) is 17.6. The molecule has 0 aliphatic heterocycles. The lowest BCUT2D eigenvalue weighted by Gasteiger charge is -2.22. The molecule has 1 amide bonds. The fraction of sp³-hybridized carbons (Fsp3) is 0.848. The van der Waals surface area contributed by atoms with Gasteiger partial charge in [-0.2, -0.15) is 0 Å². The molecule has 8 heteroatoms. The molecule has 0 aromatic rings. The summed E-state index contributed by atoms with van der Waals surface area (Å²) in [6.45, 7) is 8.22. The highest BCUT2D eigenvalue weighted by Crippen LogP contribution is 2.17. The monoisotopic (exact) mass is 598 g/mol. The van der Waals surface area contributed by atoms with Crippen LogP contribution in [-0.4, -0.2) is 60.2 Å². The Morgan fingerprint density at radius 2 is 1.29 bits per heavy atom. The minimum absolute atomic E-state index is 0.00373. The summed E-state index contributed by atoms with van der Waals surface area (Å²) in [6.07, 6.45) is 22.7. The maximum Gasteiger partial charge on any atom is 0.306 e. The number of amides is 1. The molecule has 0 saturated heterocycles. The fourth-order valence-corrected chi connectivity index (χ4v) is 5.21. The molecule has 0 fully saturated rings. The number of nitrogens with zero attached hydrogens (tertiary/aromatic N) is 1. The molecule has 0 saturated carbocycles. The molecule has 0 atom stereocenters. The first kappa shape index (κ1) is 39.5. The number of thioether (sulfide) groups is 1. The van der Waals surface area contributed by atoms with Crippen molar-refractivity contribution in [2.75, 3.05) is 32.0 Å². The van der Waals surface area contributed by atoms with Gasteiger partial charge in [0.15, 0.2) is 0 Å². The summed E-state index contributed by atoms with van der Waals surface area (Å²) < 4.78 is 11.2. The van der Waals surface area contributed by atoms with Crippen molar-refractivity contribution in [1.29, 1.82) is 0 Å². The molecule has 0 unspecified atom stereocenters. The maximum absolute atomic E-state index is 12.7. The second-order valence-electron chi connectivity index (χ2n) is 10.9. The van der Waals surface area contributed by atoms with Crippen molar-refractivity contribution in [2.45, 2.75) is 149 Å². The van der Waals surface area contributed by atoms with Crippen molar-refractivity contribution in [1.82, 2.24) is 4.90 Å². The van der Waals surface area contributed by atoms with Crippen molar-refractivity contribution >= 4 is 28.9 Å². The minimum atomic E-state index is -0.255. The number of ether oxygens (including phenoxy) is 2. The molecule has 41 heavy (non-hydrogen) atoms. The third-order valence-electron chi connectivity index (χ3n) is 7.01. The topological polar surface area (TPSA) is 98.9 Å². The van der Waals surface area contributed by atoms with Gasteiger partial charge in [-0.15, -0.1) is 0 Å². The second-order valence-corrected chi connectivity index (χ2v) is 12.0. The van der Waals surface area contributed by atoms with E-state index in [0.29, 0.717) is 51.3 Å². The lowest BCUT2D eigenvalue weighted by Crippen LogP contribution is -2.31. The minimum Gasteiger partial charge on any atom is -0.462 e. The summed E-state index contributed by atoms with van der Waals surface area (Å²) >= 11 is 1.19. The Morgan fingerprint density at radius 3 is 1.85 bits per heavy atom. The molecule has 0 rings (SSSR count). The third kappa shape index (κ3) is 25.9. The van der Waals surface area contributed by atoms with Crippen molar-refractivity contribution in [2.24, 2.45) is 5.73 Å². The van der Waals surface area contributed by atoms with Crippen molar-refractivity contribution in [3.63, 3.8) is 0 Å². The maximum atomic E-state index is 12.7. The van der Waals surface area contributed by atoms with Crippen LogP contribution in [0.4, 0.5) is 4.79 Å². The summed E-state index contributed by atoms with van der Waals surface area (Å²) in [5, 5.41) is -0.0621. The van der Waals surface area contributed by atoms with E-state index in [2.05, 4.69) is 26.8 Å². The highest BCUT2D eigenvalue weighted by Gasteiger charge is 2.17. The van der Waals surface area contributed by atoms with E-state index in [0.717, 1.165) is 32.1 Å². The zero-order valence-corrected chi connectivity index (χ0v) is 27.5. The zero-order valence-electron chi connectivity index (χ0n) is 26.7. The molecule has 0 aliphatic rings. The van der Waals surface area contributed by atoms with Gasteiger partial charge in [0.2, 0.25) is 0 Å². The first-order chi connectivity index (χ1) is 20.0. The number of rotatable bonds is 28. The average molecular weight is 599 g/mol. The highest BCUT2D eigenvalue weighted by molar-refractivity contribution is 8.13. The van der Waals surface area contributed by atoms with Crippen LogP contribution in [0.25, 0.3) is 0 Å². The standard InChI is InChI=1S/C33H62N2O5S/c1-4-7-10-13-14-15-18-28-39-31(36)23-19-26-35(33(38)41-29-25-34)27-20-24-32(37)40-30(21-16-11-8-5-2)22-17-12-9-6-3/h15,18,30H,4-14,16-17,19-29,34H2,1-3H3/b18-15-. The smallest absolute Gasteiger partial charge is 0.306 e. The largest absolute Gasteiger partial charge is 0.462 e. The summed E-state index contributed by atoms with van der Waals surface area (Å²) in [4.78, 5) is 39.2. The quantitative estimate of drug-likeness (QED) is 0.0547. The predicted molar refractivity (Wildman–Crippen MR) is 173 cm³/mol. The Balaban J connectivity index is 4.53. The van der Waals surface area contributed by atoms with Crippen LogP contribution in [0.15, 0.2) is 12.2 Å². The summed E-state index contributed by atoms with van der Waals surface area (Å²) in [5.41, 5.74) is 5.58. The van der Waals surface area contributed by atoms with Crippen molar-refractivity contribution < 1.29 is 23.9 Å². The van der Waals surface area contributed by atoms with Crippen LogP contribution in [0.5, 0.6) is 0 Å². The molecule has 0 spiro atoms. The van der Waals surface area contributed by atoms with Gasteiger partial charge in [0, 0.05) is 38.2 Å². The molecule has 0 aliphatic carbocycles. The van der Waals surface area contributed by atoms with E-state index in [-0.39, 0.29) is 29.7 Å². The Labute approximate surface area is 256 Å². The van der Waals surface area contributed by atoms with E-state index < -0.39 is 0 Å². The van der Waals surface area contributed by atoms with Crippen molar-refractivity contribution in [3.05, 3.63) is 12.2 Å². The van der Waals surface area contributed by atoms with E-state index in [4.69, 9.17) is 15.2 Å². The van der Waals surface area contributed by atoms with Gasteiger partial charge >= 0.3 is 11.9 Å². The predicted octanol–water partition coefficient (Wildman–Crippen LogP) is 8.58. The summed E-state index contributed by atoms with van der Waals surface area (Å²) in [5.74, 6) is 0.113. The normalized spacial score (nSPS) is 11.3. The van der Waals surface area contributed by atoms with Crippen LogP contribution in [0.2, 0.25) is 0 Å². The van der Waals surface area contributed by atoms with Gasteiger partial charge in [-0.3, -0.25) is 14.4 Å². The SMILES string of the molecule is CCCCCC/C=C\COC(=O)CCCN(CCCC(=O)OC(CCCCCC)CCCCCC)C(=O)SCCN. The number of hydrogen-bond acceptors (Lipinski definition) is 7. The van der Waals surface area contributed by atoms with E-state index >= 15 is 0 Å². The lowest BCUT2D eigenvalue weighted by molar-refractivity contribution is -0.150. The average Bonchev–Trinajstić information content (AvgIpc) is 2.96. The van der Waals surface area contributed by atoms with Gasteiger partial charge in [-0.25, -0.2) is 0 Å². The van der Waals surface area contributed by atoms with E-state index in [1.807, 2.05) is 6.08 Å². The first-order valence-electron chi connectivity index (χ1n) is 16.6. The Kier molecular flexibility index (Phi) is 28.8. The van der Waals surface area contributed by atoms with Gasteiger partial charge in [0.25, 0.3) is 5.24 Å². The van der Waals surface area contributed by atoms with Gasteiger partial charge in [0.05, 0.1) is 0 Å². The zero-order chi connectivity index (χ0) is 30.4. The molecule has 0 aromatic heterocycles. The molecular formula is C33H62N2O5S. The highest BCUT2D eigenvalue weighted by atomic mass is 32.2. The molecule has 0 bridgehead atoms.